The Morgan fingerprint density at radius 3 is 2.71 bits per heavy atom. The molecule has 0 bridgehead atoms. The van der Waals surface area contributed by atoms with Gasteiger partial charge in [-0.3, -0.25) is 4.21 Å². The van der Waals surface area contributed by atoms with Crippen molar-refractivity contribution >= 4 is 22.1 Å². The molecule has 0 saturated heterocycles. The fourth-order valence-electron chi connectivity index (χ4n) is 2.19. The summed E-state index contributed by atoms with van der Waals surface area (Å²) >= 11 is 1.79. The van der Waals surface area contributed by atoms with Crippen LogP contribution in [0.5, 0.6) is 0 Å². The van der Waals surface area contributed by atoms with Crippen LogP contribution in [-0.4, -0.2) is 15.4 Å². The normalized spacial score (nSPS) is 17.6. The van der Waals surface area contributed by atoms with Gasteiger partial charge in [-0.1, -0.05) is 12.1 Å². The number of aromatic nitrogens is 1. The van der Waals surface area contributed by atoms with Crippen molar-refractivity contribution < 1.29 is 4.21 Å². The van der Waals surface area contributed by atoms with E-state index in [0.29, 0.717) is 0 Å². The molecule has 1 aliphatic carbocycles. The molecule has 1 aromatic heterocycles. The van der Waals surface area contributed by atoms with E-state index in [0.717, 1.165) is 23.1 Å². The molecule has 1 fully saturated rings. The highest BCUT2D eigenvalue weighted by Crippen LogP contribution is 2.41. The predicted molar refractivity (Wildman–Crippen MR) is 88.1 cm³/mol. The lowest BCUT2D eigenvalue weighted by atomic mass is 10.2. The van der Waals surface area contributed by atoms with Crippen molar-refractivity contribution in [1.82, 2.24) is 10.3 Å². The largest absolute Gasteiger partial charge is 0.305 e. The smallest absolute Gasteiger partial charge is 0.0959 e. The Labute approximate surface area is 132 Å². The Morgan fingerprint density at radius 1 is 1.38 bits per heavy atom. The quantitative estimate of drug-likeness (QED) is 0.884. The summed E-state index contributed by atoms with van der Waals surface area (Å²) in [5, 5.41) is 6.98. The molecule has 21 heavy (non-hydrogen) atoms. The third-order valence-electron chi connectivity index (χ3n) is 3.78. The van der Waals surface area contributed by atoms with Gasteiger partial charge in [-0.15, -0.1) is 11.3 Å². The van der Waals surface area contributed by atoms with Gasteiger partial charge in [-0.05, 0) is 37.5 Å². The number of thiazole rings is 1. The van der Waals surface area contributed by atoms with Crippen molar-refractivity contribution in [2.45, 2.75) is 43.2 Å². The van der Waals surface area contributed by atoms with Crippen molar-refractivity contribution in [3.05, 3.63) is 45.9 Å². The van der Waals surface area contributed by atoms with E-state index < -0.39 is 10.8 Å². The highest BCUT2D eigenvalue weighted by atomic mass is 32.2. The topological polar surface area (TPSA) is 42.0 Å². The van der Waals surface area contributed by atoms with Crippen LogP contribution in [-0.2, 0) is 17.3 Å². The van der Waals surface area contributed by atoms with Crippen molar-refractivity contribution in [1.29, 1.82) is 0 Å². The Morgan fingerprint density at radius 2 is 2.10 bits per heavy atom. The molecule has 1 heterocycles. The average Bonchev–Trinajstić information content (AvgIpc) is 3.22. The molecule has 0 spiro atoms. The van der Waals surface area contributed by atoms with Crippen LogP contribution < -0.4 is 5.32 Å². The van der Waals surface area contributed by atoms with E-state index in [9.17, 15) is 4.21 Å². The second kappa shape index (κ2) is 6.38. The van der Waals surface area contributed by atoms with E-state index >= 15 is 0 Å². The zero-order chi connectivity index (χ0) is 14.8. The molecule has 2 atom stereocenters. The predicted octanol–water partition coefficient (Wildman–Crippen LogP) is 3.61. The van der Waals surface area contributed by atoms with Gasteiger partial charge in [0, 0.05) is 45.8 Å². The van der Waals surface area contributed by atoms with Gasteiger partial charge in [-0.25, -0.2) is 4.98 Å². The molecule has 5 heteroatoms. The Balaban J connectivity index is 1.56. The monoisotopic (exact) mass is 320 g/mol. The molecule has 112 valence electrons. The summed E-state index contributed by atoms with van der Waals surface area (Å²) in [5.41, 5.74) is 2.35. The molecule has 0 unspecified atom stereocenters. The number of hydrogen-bond acceptors (Lipinski definition) is 4. The minimum absolute atomic E-state index is 0.258. The minimum atomic E-state index is -0.905. The number of nitrogens with one attached hydrogen (secondary N) is 1. The first-order valence-corrected chi connectivity index (χ1v) is 9.68. The molecular weight excluding hydrogens is 300 g/mol. The maximum absolute atomic E-state index is 11.4. The molecule has 0 amide bonds. The second-order valence-corrected chi connectivity index (χ2v) is 7.85. The molecule has 2 aromatic rings. The summed E-state index contributed by atoms with van der Waals surface area (Å²) in [5.74, 6) is 0.735. The van der Waals surface area contributed by atoms with Crippen molar-refractivity contribution in [2.75, 3.05) is 6.26 Å². The van der Waals surface area contributed by atoms with Crippen LogP contribution >= 0.6 is 11.3 Å². The molecule has 1 aromatic carbocycles. The molecule has 1 aliphatic rings. The zero-order valence-corrected chi connectivity index (χ0v) is 14.0. The maximum Gasteiger partial charge on any atom is 0.0959 e. The minimum Gasteiger partial charge on any atom is -0.305 e. The first kappa shape index (κ1) is 14.9. The number of benzene rings is 1. The van der Waals surface area contributed by atoms with E-state index in [1.165, 1.54) is 23.4 Å². The molecule has 0 aliphatic heterocycles. The average molecular weight is 320 g/mol. The standard InChI is InChI=1S/C16H20N2OS2/c1-11(15-10-20-16(18-15)13-5-6-13)17-9-12-3-7-14(8-4-12)21(2)19/h3-4,7-8,10-11,13,17H,5-6,9H2,1-2H3/t11-,21-/m1/s1. The fourth-order valence-corrected chi connectivity index (χ4v) is 3.80. The van der Waals surface area contributed by atoms with Gasteiger partial charge in [0.2, 0.25) is 0 Å². The van der Waals surface area contributed by atoms with Crippen molar-refractivity contribution in [3.8, 4) is 0 Å². The van der Waals surface area contributed by atoms with Gasteiger partial charge in [0.05, 0.1) is 10.7 Å². The van der Waals surface area contributed by atoms with Crippen LogP contribution in [0.25, 0.3) is 0 Å². The first-order valence-electron chi connectivity index (χ1n) is 7.24. The van der Waals surface area contributed by atoms with Gasteiger partial charge < -0.3 is 5.32 Å². The molecule has 1 saturated carbocycles. The van der Waals surface area contributed by atoms with Crippen LogP contribution in [0.3, 0.4) is 0 Å². The maximum atomic E-state index is 11.4. The van der Waals surface area contributed by atoms with Gasteiger partial charge >= 0.3 is 0 Å². The van der Waals surface area contributed by atoms with Crippen molar-refractivity contribution in [3.63, 3.8) is 0 Å². The number of nitrogens with zero attached hydrogens (tertiary/aromatic N) is 1. The Hall–Kier alpha value is -1.04. The third-order valence-corrected chi connectivity index (χ3v) is 5.74. The summed E-state index contributed by atoms with van der Waals surface area (Å²) < 4.78 is 11.4. The van der Waals surface area contributed by atoms with Gasteiger partial charge in [-0.2, -0.15) is 0 Å². The molecular formula is C16H20N2OS2. The molecule has 0 radical (unpaired) electrons. The summed E-state index contributed by atoms with van der Waals surface area (Å²) in [6, 6.07) is 8.20. The number of rotatable bonds is 6. The molecule has 3 nitrogen and oxygen atoms in total. The van der Waals surface area contributed by atoms with E-state index in [1.54, 1.807) is 17.6 Å². The van der Waals surface area contributed by atoms with E-state index in [-0.39, 0.29) is 6.04 Å². The zero-order valence-electron chi connectivity index (χ0n) is 12.3. The fraction of sp³-hybridized carbons (Fsp3) is 0.438. The van der Waals surface area contributed by atoms with Gasteiger partial charge in [0.15, 0.2) is 0 Å². The highest BCUT2D eigenvalue weighted by Gasteiger charge is 2.27. The number of hydrogen-bond donors (Lipinski definition) is 1. The van der Waals surface area contributed by atoms with E-state index in [4.69, 9.17) is 4.98 Å². The highest BCUT2D eigenvalue weighted by molar-refractivity contribution is 7.84. The second-order valence-electron chi connectivity index (χ2n) is 5.59. The summed E-state index contributed by atoms with van der Waals surface area (Å²) in [7, 11) is -0.905. The summed E-state index contributed by atoms with van der Waals surface area (Å²) in [6.07, 6.45) is 4.31. The lowest BCUT2D eigenvalue weighted by molar-refractivity contribution is 0.562. The van der Waals surface area contributed by atoms with Crippen LogP contribution in [0.4, 0.5) is 0 Å². The summed E-state index contributed by atoms with van der Waals surface area (Å²) in [6.45, 7) is 2.95. The Kier molecular flexibility index (Phi) is 4.52. The SMILES string of the molecule is C[C@@H](NCc1ccc([S@@](C)=O)cc1)c1csc(C2CC2)n1. The lowest BCUT2D eigenvalue weighted by Crippen LogP contribution is -2.18. The third kappa shape index (κ3) is 3.78. The lowest BCUT2D eigenvalue weighted by Gasteiger charge is -2.11. The van der Waals surface area contributed by atoms with Crippen LogP contribution in [0, 0.1) is 0 Å². The summed E-state index contributed by atoms with van der Waals surface area (Å²) in [4.78, 5) is 5.61. The first-order chi connectivity index (χ1) is 10.1. The van der Waals surface area contributed by atoms with Gasteiger partial charge in [0.25, 0.3) is 0 Å². The Bertz CT molecular complexity index is 632. The van der Waals surface area contributed by atoms with E-state index in [2.05, 4.69) is 17.6 Å². The van der Waals surface area contributed by atoms with Crippen molar-refractivity contribution in [2.24, 2.45) is 0 Å². The molecule has 3 rings (SSSR count). The van der Waals surface area contributed by atoms with Gasteiger partial charge in [0.1, 0.15) is 0 Å². The van der Waals surface area contributed by atoms with E-state index in [1.807, 2.05) is 24.3 Å². The van der Waals surface area contributed by atoms with Crippen LogP contribution in [0.1, 0.15) is 48.0 Å². The van der Waals surface area contributed by atoms with Crippen LogP contribution in [0.15, 0.2) is 34.5 Å². The van der Waals surface area contributed by atoms with Crippen LogP contribution in [0.2, 0.25) is 0 Å². The molecule has 1 N–H and O–H groups in total.